The van der Waals surface area contributed by atoms with Gasteiger partial charge in [0.05, 0.1) is 6.54 Å². The monoisotopic (exact) mass is 326 g/mol. The lowest BCUT2D eigenvalue weighted by Crippen LogP contribution is -2.44. The Bertz CT molecular complexity index is 1020. The second-order valence-electron chi connectivity index (χ2n) is 6.99. The van der Waals surface area contributed by atoms with Gasteiger partial charge in [0.1, 0.15) is 0 Å². The highest BCUT2D eigenvalue weighted by Gasteiger charge is 2.52. The number of carbonyl (C=O) groups excluding carboxylic acids is 1. The van der Waals surface area contributed by atoms with Crippen molar-refractivity contribution in [3.05, 3.63) is 83.4 Å². The molecule has 0 amide bonds. The largest absolute Gasteiger partial charge is 0.291 e. The second kappa shape index (κ2) is 5.35. The molecule has 3 heteroatoms. The molecular weight excluding hydrogens is 308 g/mol. The number of hydrogen-bond acceptors (Lipinski definition) is 3. The van der Waals surface area contributed by atoms with Crippen molar-refractivity contribution >= 4 is 16.6 Å². The van der Waals surface area contributed by atoms with Crippen LogP contribution in [0, 0.1) is 0 Å². The van der Waals surface area contributed by atoms with Crippen LogP contribution in [0.4, 0.5) is 0 Å². The zero-order chi connectivity index (χ0) is 16.9. The van der Waals surface area contributed by atoms with Gasteiger partial charge in [0.25, 0.3) is 0 Å². The summed E-state index contributed by atoms with van der Waals surface area (Å²) in [5, 5.41) is 11.3. The highest BCUT2D eigenvalue weighted by molar-refractivity contribution is 6.06. The standard InChI is InChI=1S/C22H18N2O/c25-21-19-8-4-3-6-16(19)11-12-22(21)20(14-23-24-22)18-10-9-15-5-1-2-7-17(15)13-18/h1-10,13,20H,11-12,14H2/t20-,22?/m0/s1. The molecule has 0 fully saturated rings. The van der Waals surface area contributed by atoms with Crippen LogP contribution in [-0.4, -0.2) is 17.9 Å². The normalized spacial score (nSPS) is 24.8. The maximum Gasteiger partial charge on any atom is 0.193 e. The summed E-state index contributed by atoms with van der Waals surface area (Å²) in [5.74, 6) is 0.159. The van der Waals surface area contributed by atoms with Gasteiger partial charge < -0.3 is 0 Å². The van der Waals surface area contributed by atoms with E-state index in [1.807, 2.05) is 30.3 Å². The number of nitrogens with zero attached hydrogens (tertiary/aromatic N) is 2. The van der Waals surface area contributed by atoms with Gasteiger partial charge in [0, 0.05) is 11.5 Å². The van der Waals surface area contributed by atoms with E-state index >= 15 is 0 Å². The van der Waals surface area contributed by atoms with Crippen LogP contribution in [0.1, 0.15) is 33.8 Å². The van der Waals surface area contributed by atoms with E-state index in [1.54, 1.807) is 0 Å². The van der Waals surface area contributed by atoms with Crippen LogP contribution < -0.4 is 0 Å². The molecule has 0 saturated carbocycles. The Kier molecular flexibility index (Phi) is 3.11. The molecule has 0 bridgehead atoms. The predicted molar refractivity (Wildman–Crippen MR) is 98.2 cm³/mol. The first-order chi connectivity index (χ1) is 12.3. The third kappa shape index (κ3) is 2.08. The number of ketones is 1. The summed E-state index contributed by atoms with van der Waals surface area (Å²) < 4.78 is 0. The van der Waals surface area contributed by atoms with E-state index in [-0.39, 0.29) is 11.7 Å². The van der Waals surface area contributed by atoms with Crippen LogP contribution in [0.5, 0.6) is 0 Å². The topological polar surface area (TPSA) is 41.8 Å². The number of hydrogen-bond donors (Lipinski definition) is 0. The molecule has 1 spiro atoms. The van der Waals surface area contributed by atoms with E-state index in [4.69, 9.17) is 0 Å². The Morgan fingerprint density at radius 3 is 2.64 bits per heavy atom. The lowest BCUT2D eigenvalue weighted by molar-refractivity contribution is 0.0853. The minimum absolute atomic E-state index is 0.0259. The highest BCUT2D eigenvalue weighted by Crippen LogP contribution is 2.46. The molecule has 0 aromatic heterocycles. The second-order valence-corrected chi connectivity index (χ2v) is 6.99. The number of Topliss-reactive ketones (excluding diaryl/α,β-unsaturated/α-hetero) is 1. The Morgan fingerprint density at radius 1 is 0.920 bits per heavy atom. The van der Waals surface area contributed by atoms with E-state index in [9.17, 15) is 4.79 Å². The van der Waals surface area contributed by atoms with E-state index in [1.165, 1.54) is 10.8 Å². The van der Waals surface area contributed by atoms with Gasteiger partial charge in [-0.1, -0.05) is 66.7 Å². The van der Waals surface area contributed by atoms with Crippen molar-refractivity contribution in [1.82, 2.24) is 0 Å². The smallest absolute Gasteiger partial charge is 0.193 e. The van der Waals surface area contributed by atoms with Crippen molar-refractivity contribution in [3.63, 3.8) is 0 Å². The molecule has 3 nitrogen and oxygen atoms in total. The zero-order valence-electron chi connectivity index (χ0n) is 13.9. The van der Waals surface area contributed by atoms with Gasteiger partial charge in [-0.05, 0) is 34.7 Å². The first-order valence-electron chi connectivity index (χ1n) is 8.78. The lowest BCUT2D eigenvalue weighted by Gasteiger charge is -2.34. The van der Waals surface area contributed by atoms with E-state index in [2.05, 4.69) is 46.6 Å². The first-order valence-corrected chi connectivity index (χ1v) is 8.78. The predicted octanol–water partition coefficient (Wildman–Crippen LogP) is 4.96. The highest BCUT2D eigenvalue weighted by atomic mass is 16.1. The summed E-state index contributed by atoms with van der Waals surface area (Å²) in [6, 6.07) is 22.7. The molecular formula is C22H18N2O. The third-order valence-corrected chi connectivity index (χ3v) is 5.70. The Morgan fingerprint density at radius 2 is 1.72 bits per heavy atom. The SMILES string of the molecule is O=C1c2ccccc2CCC12N=NC[C@H]2c1ccc2ccccc2c1. The molecule has 0 saturated heterocycles. The van der Waals surface area contributed by atoms with Crippen LogP contribution in [0.15, 0.2) is 77.0 Å². The summed E-state index contributed by atoms with van der Waals surface area (Å²) in [6.45, 7) is 0.590. The van der Waals surface area contributed by atoms with Gasteiger partial charge in [0.2, 0.25) is 0 Å². The molecule has 3 aromatic rings. The molecule has 1 aliphatic carbocycles. The molecule has 0 radical (unpaired) electrons. The van der Waals surface area contributed by atoms with Crippen LogP contribution >= 0.6 is 0 Å². The number of fused-ring (bicyclic) bond motifs is 2. The van der Waals surface area contributed by atoms with Crippen LogP contribution in [0.25, 0.3) is 10.8 Å². The quantitative estimate of drug-likeness (QED) is 0.623. The molecule has 3 aromatic carbocycles. The minimum atomic E-state index is -0.725. The van der Waals surface area contributed by atoms with Crippen LogP contribution in [0.2, 0.25) is 0 Å². The molecule has 25 heavy (non-hydrogen) atoms. The Hall–Kier alpha value is -2.81. The summed E-state index contributed by atoms with van der Waals surface area (Å²) in [4.78, 5) is 13.3. The fourth-order valence-corrected chi connectivity index (χ4v) is 4.33. The van der Waals surface area contributed by atoms with Crippen molar-refractivity contribution in [2.45, 2.75) is 24.3 Å². The third-order valence-electron chi connectivity index (χ3n) is 5.70. The van der Waals surface area contributed by atoms with Gasteiger partial charge >= 0.3 is 0 Å². The molecule has 0 N–H and O–H groups in total. The van der Waals surface area contributed by atoms with Crippen LogP contribution in [-0.2, 0) is 6.42 Å². The molecule has 1 unspecified atom stereocenters. The molecule has 2 atom stereocenters. The Labute approximate surface area is 146 Å². The average Bonchev–Trinajstić information content (AvgIpc) is 3.09. The number of carbonyl (C=O) groups is 1. The summed E-state index contributed by atoms with van der Waals surface area (Å²) in [6.07, 6.45) is 1.62. The maximum absolute atomic E-state index is 13.3. The van der Waals surface area contributed by atoms with Crippen molar-refractivity contribution < 1.29 is 4.79 Å². The van der Waals surface area contributed by atoms with Gasteiger partial charge in [-0.3, -0.25) is 4.79 Å². The van der Waals surface area contributed by atoms with Gasteiger partial charge in [-0.15, -0.1) is 0 Å². The maximum atomic E-state index is 13.3. The first kappa shape index (κ1) is 14.5. The van der Waals surface area contributed by atoms with Crippen molar-refractivity contribution in [2.75, 3.05) is 6.54 Å². The van der Waals surface area contributed by atoms with E-state index < -0.39 is 5.54 Å². The van der Waals surface area contributed by atoms with Gasteiger partial charge in [-0.2, -0.15) is 10.2 Å². The molecule has 1 aliphatic heterocycles. The van der Waals surface area contributed by atoms with Crippen LogP contribution in [0.3, 0.4) is 0 Å². The fraction of sp³-hybridized carbons (Fsp3) is 0.227. The molecule has 1 heterocycles. The van der Waals surface area contributed by atoms with E-state index in [0.717, 1.165) is 29.5 Å². The number of rotatable bonds is 1. The van der Waals surface area contributed by atoms with Gasteiger partial charge in [-0.25, -0.2) is 0 Å². The van der Waals surface area contributed by atoms with Crippen molar-refractivity contribution in [3.8, 4) is 0 Å². The molecule has 5 rings (SSSR count). The molecule has 2 aliphatic rings. The van der Waals surface area contributed by atoms with E-state index in [0.29, 0.717) is 6.54 Å². The molecule has 122 valence electrons. The fourth-order valence-electron chi connectivity index (χ4n) is 4.33. The van der Waals surface area contributed by atoms with Crippen molar-refractivity contribution in [2.24, 2.45) is 10.2 Å². The number of benzene rings is 3. The Balaban J connectivity index is 1.61. The summed E-state index contributed by atoms with van der Waals surface area (Å²) >= 11 is 0. The summed E-state index contributed by atoms with van der Waals surface area (Å²) in [7, 11) is 0. The number of azo groups is 1. The summed E-state index contributed by atoms with van der Waals surface area (Å²) in [5.41, 5.74) is 2.39. The number of aryl methyl sites for hydroxylation is 1. The average molecular weight is 326 g/mol. The lowest BCUT2D eigenvalue weighted by atomic mass is 9.68. The zero-order valence-corrected chi connectivity index (χ0v) is 13.9. The van der Waals surface area contributed by atoms with Crippen molar-refractivity contribution in [1.29, 1.82) is 0 Å². The van der Waals surface area contributed by atoms with Gasteiger partial charge in [0.15, 0.2) is 11.3 Å². The minimum Gasteiger partial charge on any atom is -0.291 e.